The quantitative estimate of drug-likeness (QED) is 0.0277. The summed E-state index contributed by atoms with van der Waals surface area (Å²) in [6.45, 7) is 2.59. The van der Waals surface area contributed by atoms with Crippen molar-refractivity contribution < 1.29 is 73.8 Å². The molecule has 2 heterocycles. The first-order valence-corrected chi connectivity index (χ1v) is 24.6. The molecule has 0 aromatic rings. The molecule has 2 fully saturated rings. The van der Waals surface area contributed by atoms with Gasteiger partial charge in [-0.15, -0.1) is 0 Å². The number of aliphatic hydroxyl groups excluding tert-OH is 7. The van der Waals surface area contributed by atoms with E-state index in [1.165, 1.54) is 116 Å². The Labute approximate surface area is 372 Å². The Morgan fingerprint density at radius 3 is 1.26 bits per heavy atom. The maximum Gasteiger partial charge on any atom is 0.306 e. The largest absolute Gasteiger partial charge is 0.462 e. The van der Waals surface area contributed by atoms with Gasteiger partial charge in [0.1, 0.15) is 55.4 Å². The number of hydrogen-bond donors (Lipinski definition) is 7. The lowest BCUT2D eigenvalue weighted by atomic mass is 9.98. The molecule has 62 heavy (non-hydrogen) atoms. The molecule has 0 spiro atoms. The highest BCUT2D eigenvalue weighted by Gasteiger charge is 2.47. The van der Waals surface area contributed by atoms with Crippen LogP contribution in [0.2, 0.25) is 0 Å². The van der Waals surface area contributed by atoms with Crippen LogP contribution in [0, 0.1) is 0 Å². The Hall–Kier alpha value is -1.50. The zero-order valence-electron chi connectivity index (χ0n) is 38.4. The third-order valence-corrected chi connectivity index (χ3v) is 12.1. The first kappa shape index (κ1) is 56.6. The zero-order chi connectivity index (χ0) is 45.4. The van der Waals surface area contributed by atoms with Crippen molar-refractivity contribution >= 4 is 11.9 Å². The fourth-order valence-electron chi connectivity index (χ4n) is 7.98. The molecule has 0 aromatic heterocycles. The molecular formula is C47H88O15. The normalized spacial score (nSPS) is 27.0. The molecule has 2 rings (SSSR count). The van der Waals surface area contributed by atoms with E-state index in [4.69, 9.17) is 28.4 Å². The van der Waals surface area contributed by atoms with Crippen LogP contribution < -0.4 is 0 Å². The van der Waals surface area contributed by atoms with Gasteiger partial charge in [-0.2, -0.15) is 0 Å². The van der Waals surface area contributed by atoms with Crippen LogP contribution in [-0.4, -0.2) is 142 Å². The van der Waals surface area contributed by atoms with Crippen LogP contribution >= 0.6 is 0 Å². The summed E-state index contributed by atoms with van der Waals surface area (Å²) in [5.74, 6) is -0.914. The number of ether oxygens (including phenoxy) is 6. The first-order valence-electron chi connectivity index (χ1n) is 24.6. The van der Waals surface area contributed by atoms with E-state index in [2.05, 4.69) is 13.8 Å². The minimum absolute atomic E-state index is 0.172. The average Bonchev–Trinajstić information content (AvgIpc) is 3.26. The van der Waals surface area contributed by atoms with Crippen LogP contribution in [0.5, 0.6) is 0 Å². The molecule has 0 aromatic carbocycles. The smallest absolute Gasteiger partial charge is 0.306 e. The molecule has 11 atom stereocenters. The van der Waals surface area contributed by atoms with Crippen molar-refractivity contribution in [3.8, 4) is 0 Å². The van der Waals surface area contributed by atoms with Crippen LogP contribution in [0.3, 0.4) is 0 Å². The van der Waals surface area contributed by atoms with Crippen molar-refractivity contribution in [2.24, 2.45) is 0 Å². The minimum Gasteiger partial charge on any atom is -0.462 e. The molecule has 4 unspecified atom stereocenters. The summed E-state index contributed by atoms with van der Waals surface area (Å²) < 4.78 is 33.5. The third-order valence-electron chi connectivity index (χ3n) is 12.1. The molecule has 2 saturated heterocycles. The van der Waals surface area contributed by atoms with Crippen molar-refractivity contribution in [1.29, 1.82) is 0 Å². The van der Waals surface area contributed by atoms with Gasteiger partial charge in [0, 0.05) is 12.8 Å². The minimum atomic E-state index is -1.76. The monoisotopic (exact) mass is 893 g/mol. The highest BCUT2D eigenvalue weighted by atomic mass is 16.7. The number of carbonyl (C=O) groups is 2. The van der Waals surface area contributed by atoms with Crippen LogP contribution in [-0.2, 0) is 38.0 Å². The Morgan fingerprint density at radius 1 is 0.452 bits per heavy atom. The van der Waals surface area contributed by atoms with E-state index in [9.17, 15) is 45.3 Å². The lowest BCUT2D eigenvalue weighted by Gasteiger charge is -2.42. The van der Waals surface area contributed by atoms with E-state index in [0.717, 1.165) is 38.5 Å². The van der Waals surface area contributed by atoms with Gasteiger partial charge in [-0.05, 0) is 12.8 Å². The predicted octanol–water partition coefficient (Wildman–Crippen LogP) is 6.04. The molecule has 7 N–H and O–H groups in total. The molecule has 0 aliphatic carbocycles. The van der Waals surface area contributed by atoms with E-state index < -0.39 is 92.7 Å². The predicted molar refractivity (Wildman–Crippen MR) is 234 cm³/mol. The fourth-order valence-corrected chi connectivity index (χ4v) is 7.98. The summed E-state index contributed by atoms with van der Waals surface area (Å²) in [5, 5.41) is 71.9. The molecular weight excluding hydrogens is 805 g/mol. The molecule has 2 aliphatic heterocycles. The van der Waals surface area contributed by atoms with E-state index in [0.29, 0.717) is 12.8 Å². The highest BCUT2D eigenvalue weighted by molar-refractivity contribution is 5.70. The van der Waals surface area contributed by atoms with Gasteiger partial charge in [-0.25, -0.2) is 0 Å². The van der Waals surface area contributed by atoms with Gasteiger partial charge in [0.2, 0.25) is 0 Å². The van der Waals surface area contributed by atoms with E-state index in [-0.39, 0.29) is 26.1 Å². The number of unbranched alkanes of at least 4 members (excludes halogenated alkanes) is 24. The molecule has 0 radical (unpaired) electrons. The van der Waals surface area contributed by atoms with E-state index in [1.807, 2.05) is 0 Å². The van der Waals surface area contributed by atoms with Gasteiger partial charge >= 0.3 is 11.9 Å². The van der Waals surface area contributed by atoms with Gasteiger partial charge in [0.05, 0.1) is 19.8 Å². The molecule has 0 saturated carbocycles. The van der Waals surface area contributed by atoms with E-state index >= 15 is 0 Å². The zero-order valence-corrected chi connectivity index (χ0v) is 38.4. The van der Waals surface area contributed by atoms with Gasteiger partial charge in [-0.3, -0.25) is 9.59 Å². The lowest BCUT2D eigenvalue weighted by Crippen LogP contribution is -2.61. The molecule has 2 aliphatic rings. The van der Waals surface area contributed by atoms with Gasteiger partial charge in [0.25, 0.3) is 0 Å². The van der Waals surface area contributed by atoms with Crippen LogP contribution in [0.25, 0.3) is 0 Å². The lowest BCUT2D eigenvalue weighted by molar-refractivity contribution is -0.332. The Balaban J connectivity index is 1.80. The van der Waals surface area contributed by atoms with Crippen molar-refractivity contribution in [2.75, 3.05) is 26.4 Å². The van der Waals surface area contributed by atoms with Crippen molar-refractivity contribution in [2.45, 2.75) is 261 Å². The SMILES string of the molecule is CCCCCCCCCCCCCCCCCCC(=O)OC[C@H](CO[C@H]1O[C@@H](CO[C@H]2O[C@@H](CO)[C@@H](O)C(O)C2O)[C@@H](O)C(O)C1O)OC(=O)CCCCCCCCCCCC. The summed E-state index contributed by atoms with van der Waals surface area (Å²) in [6, 6.07) is 0. The van der Waals surface area contributed by atoms with Crippen molar-refractivity contribution in [3.63, 3.8) is 0 Å². The second kappa shape index (κ2) is 35.7. The number of aliphatic hydroxyl groups is 7. The van der Waals surface area contributed by atoms with Gasteiger partial charge in [0.15, 0.2) is 18.7 Å². The average molecular weight is 893 g/mol. The maximum absolute atomic E-state index is 12.9. The highest BCUT2D eigenvalue weighted by Crippen LogP contribution is 2.26. The van der Waals surface area contributed by atoms with Gasteiger partial charge < -0.3 is 64.2 Å². The molecule has 15 heteroatoms. The fraction of sp³-hybridized carbons (Fsp3) is 0.957. The number of rotatable bonds is 38. The van der Waals surface area contributed by atoms with Gasteiger partial charge in [-0.1, -0.05) is 168 Å². The topological polar surface area (TPSA) is 231 Å². The molecule has 15 nitrogen and oxygen atoms in total. The van der Waals surface area contributed by atoms with Crippen LogP contribution in [0.1, 0.15) is 194 Å². The summed E-state index contributed by atoms with van der Waals surface area (Å²) >= 11 is 0. The second-order valence-electron chi connectivity index (χ2n) is 17.7. The third kappa shape index (κ3) is 24.1. The second-order valence-corrected chi connectivity index (χ2v) is 17.7. The number of hydrogen-bond acceptors (Lipinski definition) is 15. The van der Waals surface area contributed by atoms with Crippen molar-refractivity contribution in [3.05, 3.63) is 0 Å². The van der Waals surface area contributed by atoms with E-state index in [1.54, 1.807) is 0 Å². The molecule has 366 valence electrons. The standard InChI is InChI=1S/C47H88O15/c1-3-5-7-9-11-13-15-16-17-18-19-20-22-23-25-27-29-38(49)57-32-35(60-39(50)30-28-26-24-21-14-12-10-8-6-4-2)33-58-46-45(56)43(54)41(52)37(62-46)34-59-47-44(55)42(53)40(51)36(31-48)61-47/h35-37,40-48,51-56H,3-34H2,1-2H3/t35-,36+,37+,40-,41-,42?,43?,44?,45?,46+,47+/m1/s1. The van der Waals surface area contributed by atoms with Crippen LogP contribution in [0.15, 0.2) is 0 Å². The molecule has 0 amide bonds. The van der Waals surface area contributed by atoms with Crippen LogP contribution in [0.4, 0.5) is 0 Å². The number of carbonyl (C=O) groups excluding carboxylic acids is 2. The Morgan fingerprint density at radius 2 is 0.823 bits per heavy atom. The summed E-state index contributed by atoms with van der Waals surface area (Å²) in [5.41, 5.74) is 0. The Kier molecular flexibility index (Phi) is 32.6. The summed E-state index contributed by atoms with van der Waals surface area (Å²) in [7, 11) is 0. The number of esters is 2. The Bertz CT molecular complexity index is 1100. The maximum atomic E-state index is 12.9. The summed E-state index contributed by atoms with van der Waals surface area (Å²) in [4.78, 5) is 25.6. The first-order chi connectivity index (χ1) is 30.0. The summed E-state index contributed by atoms with van der Waals surface area (Å²) in [6.07, 6.45) is 14.3. The van der Waals surface area contributed by atoms with Crippen molar-refractivity contribution in [1.82, 2.24) is 0 Å². The molecule has 0 bridgehead atoms.